The van der Waals surface area contributed by atoms with Crippen LogP contribution in [0, 0.1) is 5.82 Å². The van der Waals surface area contributed by atoms with Gasteiger partial charge in [-0.1, -0.05) is 18.5 Å². The number of esters is 1. The molecule has 2 aromatic carbocycles. The van der Waals surface area contributed by atoms with Gasteiger partial charge in [-0.15, -0.1) is 11.8 Å². The predicted molar refractivity (Wildman–Crippen MR) is 91.6 cm³/mol. The third kappa shape index (κ3) is 3.47. The van der Waals surface area contributed by atoms with E-state index in [2.05, 4.69) is 0 Å². The highest BCUT2D eigenvalue weighted by Crippen LogP contribution is 2.39. The Labute approximate surface area is 148 Å². The van der Waals surface area contributed by atoms with Crippen molar-refractivity contribution in [1.82, 2.24) is 0 Å². The largest absolute Gasteiger partial charge is 0.425 e. The van der Waals surface area contributed by atoms with Gasteiger partial charge in [-0.3, -0.25) is 9.59 Å². The van der Waals surface area contributed by atoms with Crippen LogP contribution in [0.25, 0.3) is 0 Å². The third-order valence-corrected chi connectivity index (χ3v) is 5.05. The van der Waals surface area contributed by atoms with Crippen LogP contribution in [-0.4, -0.2) is 17.5 Å². The van der Waals surface area contributed by atoms with Crippen LogP contribution in [0.5, 0.6) is 5.75 Å². The summed E-state index contributed by atoms with van der Waals surface area (Å²) in [6.45, 7) is 1.79. The summed E-state index contributed by atoms with van der Waals surface area (Å²) in [6.07, 6.45) is 0.236. The van der Waals surface area contributed by atoms with Crippen molar-refractivity contribution < 1.29 is 18.7 Å². The molecule has 124 valence electrons. The van der Waals surface area contributed by atoms with Gasteiger partial charge >= 0.3 is 5.97 Å². The standard InChI is InChI=1S/C18H14ClFO3S/c1-10-8-14(21)18-15(7-6-13(20)17(10)18)23-16(22)9-24-12-4-2-11(19)3-5-12/h2-7,10H,8-9H2,1H3. The number of carbonyl (C=O) groups is 2. The van der Waals surface area contributed by atoms with Gasteiger partial charge in [0.2, 0.25) is 0 Å². The summed E-state index contributed by atoms with van der Waals surface area (Å²) in [5.41, 5.74) is 0.544. The van der Waals surface area contributed by atoms with Gasteiger partial charge in [0.15, 0.2) is 5.78 Å². The van der Waals surface area contributed by atoms with E-state index in [0.717, 1.165) is 4.90 Å². The summed E-state index contributed by atoms with van der Waals surface area (Å²) in [7, 11) is 0. The Hall–Kier alpha value is -1.85. The molecule has 0 bridgehead atoms. The molecule has 1 atom stereocenters. The molecule has 3 nitrogen and oxygen atoms in total. The van der Waals surface area contributed by atoms with Gasteiger partial charge in [0, 0.05) is 21.9 Å². The number of rotatable bonds is 4. The average molecular weight is 365 g/mol. The Morgan fingerprint density at radius 2 is 2.00 bits per heavy atom. The molecule has 6 heteroatoms. The number of halogens is 2. The normalized spacial score (nSPS) is 16.1. The van der Waals surface area contributed by atoms with Crippen molar-refractivity contribution in [3.63, 3.8) is 0 Å². The van der Waals surface area contributed by atoms with E-state index in [9.17, 15) is 14.0 Å². The predicted octanol–water partition coefficient (Wildman–Crippen LogP) is 4.87. The SMILES string of the molecule is CC1CC(=O)c2c(OC(=O)CSc3ccc(Cl)cc3)ccc(F)c21. The average Bonchev–Trinajstić information content (AvgIpc) is 2.85. The number of carbonyl (C=O) groups excluding carboxylic acids is 2. The molecule has 1 aliphatic rings. The van der Waals surface area contributed by atoms with E-state index >= 15 is 0 Å². The molecule has 1 unspecified atom stereocenters. The Morgan fingerprint density at radius 1 is 1.29 bits per heavy atom. The second kappa shape index (κ2) is 6.95. The maximum Gasteiger partial charge on any atom is 0.321 e. The van der Waals surface area contributed by atoms with E-state index in [0.29, 0.717) is 10.6 Å². The maximum atomic E-state index is 13.9. The zero-order chi connectivity index (χ0) is 17.3. The fourth-order valence-corrected chi connectivity index (χ4v) is 3.53. The van der Waals surface area contributed by atoms with Crippen molar-refractivity contribution in [2.24, 2.45) is 0 Å². The molecule has 0 fully saturated rings. The second-order valence-corrected chi connectivity index (χ2v) is 7.06. The zero-order valence-corrected chi connectivity index (χ0v) is 14.4. The minimum atomic E-state index is -0.490. The molecule has 1 aliphatic carbocycles. The lowest BCUT2D eigenvalue weighted by atomic mass is 10.0. The Kier molecular flexibility index (Phi) is 4.92. The number of hydrogen-bond acceptors (Lipinski definition) is 4. The topological polar surface area (TPSA) is 43.4 Å². The van der Waals surface area contributed by atoms with Crippen LogP contribution in [0.1, 0.15) is 35.2 Å². The van der Waals surface area contributed by atoms with Crippen LogP contribution in [-0.2, 0) is 4.79 Å². The number of fused-ring (bicyclic) bond motifs is 1. The first-order valence-electron chi connectivity index (χ1n) is 7.40. The molecule has 0 amide bonds. The second-order valence-electron chi connectivity index (χ2n) is 5.58. The van der Waals surface area contributed by atoms with Crippen LogP contribution in [0.15, 0.2) is 41.3 Å². The third-order valence-electron chi connectivity index (χ3n) is 3.81. The van der Waals surface area contributed by atoms with Gasteiger partial charge in [-0.2, -0.15) is 0 Å². The zero-order valence-electron chi connectivity index (χ0n) is 12.8. The molecule has 0 N–H and O–H groups in total. The Morgan fingerprint density at radius 3 is 2.71 bits per heavy atom. The first-order valence-corrected chi connectivity index (χ1v) is 8.76. The summed E-state index contributed by atoms with van der Waals surface area (Å²) in [4.78, 5) is 25.0. The Bertz CT molecular complexity index is 805. The molecule has 2 aromatic rings. The number of Topliss-reactive ketones (excluding diaryl/α,β-unsaturated/α-hetero) is 1. The Balaban J connectivity index is 1.71. The van der Waals surface area contributed by atoms with Gasteiger partial charge in [0.25, 0.3) is 0 Å². The minimum absolute atomic E-state index is 0.0809. The van der Waals surface area contributed by atoms with Crippen molar-refractivity contribution in [2.75, 3.05) is 5.75 Å². The number of ether oxygens (including phenoxy) is 1. The number of ketones is 1. The summed E-state index contributed by atoms with van der Waals surface area (Å²) in [6, 6.07) is 9.67. The van der Waals surface area contributed by atoms with Gasteiger partial charge in [0.1, 0.15) is 11.6 Å². The monoisotopic (exact) mass is 364 g/mol. The van der Waals surface area contributed by atoms with E-state index in [1.165, 1.54) is 23.9 Å². The van der Waals surface area contributed by atoms with Gasteiger partial charge in [0.05, 0.1) is 11.3 Å². The molecular weight excluding hydrogens is 351 g/mol. The summed E-state index contributed by atoms with van der Waals surface area (Å²) >= 11 is 7.11. The van der Waals surface area contributed by atoms with Crippen molar-refractivity contribution in [2.45, 2.75) is 24.2 Å². The lowest BCUT2D eigenvalue weighted by Crippen LogP contribution is -2.13. The molecule has 24 heavy (non-hydrogen) atoms. The smallest absolute Gasteiger partial charge is 0.321 e. The van der Waals surface area contributed by atoms with Crippen molar-refractivity contribution in [1.29, 1.82) is 0 Å². The van der Waals surface area contributed by atoms with Crippen molar-refractivity contribution in [3.8, 4) is 5.75 Å². The maximum absolute atomic E-state index is 13.9. The van der Waals surface area contributed by atoms with Crippen molar-refractivity contribution >= 4 is 35.1 Å². The number of benzene rings is 2. The van der Waals surface area contributed by atoms with Gasteiger partial charge in [-0.05, 0) is 42.3 Å². The van der Waals surface area contributed by atoms with Crippen LogP contribution >= 0.6 is 23.4 Å². The molecule has 0 aromatic heterocycles. The molecule has 0 aliphatic heterocycles. The van der Waals surface area contributed by atoms with Crippen LogP contribution in [0.2, 0.25) is 5.02 Å². The molecule has 0 heterocycles. The van der Waals surface area contributed by atoms with Gasteiger partial charge < -0.3 is 4.74 Å². The summed E-state index contributed by atoms with van der Waals surface area (Å²) < 4.78 is 19.2. The fourth-order valence-electron chi connectivity index (χ4n) is 2.74. The highest BCUT2D eigenvalue weighted by molar-refractivity contribution is 8.00. The van der Waals surface area contributed by atoms with Crippen molar-refractivity contribution in [3.05, 3.63) is 58.4 Å². The molecule has 0 radical (unpaired) electrons. The van der Waals surface area contributed by atoms with Crippen LogP contribution in [0.4, 0.5) is 4.39 Å². The quantitative estimate of drug-likeness (QED) is 0.441. The van der Waals surface area contributed by atoms with Gasteiger partial charge in [-0.25, -0.2) is 4.39 Å². The molecule has 3 rings (SSSR count). The highest BCUT2D eigenvalue weighted by atomic mass is 35.5. The summed E-state index contributed by atoms with van der Waals surface area (Å²) in [5, 5.41) is 0.622. The lowest BCUT2D eigenvalue weighted by Gasteiger charge is -2.10. The van der Waals surface area contributed by atoms with E-state index in [-0.39, 0.29) is 35.2 Å². The lowest BCUT2D eigenvalue weighted by molar-refractivity contribution is -0.131. The van der Waals surface area contributed by atoms with E-state index < -0.39 is 11.8 Å². The van der Waals surface area contributed by atoms with Crippen LogP contribution < -0.4 is 4.74 Å². The first kappa shape index (κ1) is 17.0. The van der Waals surface area contributed by atoms with E-state index in [1.807, 2.05) is 0 Å². The van der Waals surface area contributed by atoms with Crippen LogP contribution in [0.3, 0.4) is 0 Å². The summed E-state index contributed by atoms with van der Waals surface area (Å²) in [5.74, 6) is -1.09. The number of hydrogen-bond donors (Lipinski definition) is 0. The fraction of sp³-hybridized carbons (Fsp3) is 0.222. The molecular formula is C18H14ClFO3S. The van der Waals surface area contributed by atoms with E-state index in [4.69, 9.17) is 16.3 Å². The molecule has 0 spiro atoms. The molecule has 0 saturated carbocycles. The van der Waals surface area contributed by atoms with E-state index in [1.54, 1.807) is 31.2 Å². The first-order chi connectivity index (χ1) is 11.5. The minimum Gasteiger partial charge on any atom is -0.425 e. The highest BCUT2D eigenvalue weighted by Gasteiger charge is 2.33. The molecule has 0 saturated heterocycles. The number of thioether (sulfide) groups is 1.